The molecule has 1 aromatic carbocycles. The van der Waals surface area contributed by atoms with E-state index in [9.17, 15) is 4.79 Å². The Morgan fingerprint density at radius 1 is 1.38 bits per heavy atom. The van der Waals surface area contributed by atoms with Crippen LogP contribution >= 0.6 is 34.5 Å². The summed E-state index contributed by atoms with van der Waals surface area (Å²) in [7, 11) is 0. The fourth-order valence-corrected chi connectivity index (χ4v) is 3.61. The number of rotatable bonds is 7. The van der Waals surface area contributed by atoms with Crippen LogP contribution in [0.15, 0.2) is 23.6 Å². The molecule has 2 rings (SSSR count). The molecule has 0 saturated heterocycles. The summed E-state index contributed by atoms with van der Waals surface area (Å²) in [5.74, 6) is 0.296. The van der Waals surface area contributed by atoms with Crippen LogP contribution in [0.1, 0.15) is 47.4 Å². The van der Waals surface area contributed by atoms with Crippen molar-refractivity contribution in [3.8, 4) is 0 Å². The Morgan fingerprint density at radius 3 is 2.79 bits per heavy atom. The number of halogens is 2. The first-order valence-electron chi connectivity index (χ1n) is 7.80. The molecule has 1 amide bonds. The fourth-order valence-electron chi connectivity index (χ4n) is 2.30. The lowest BCUT2D eigenvalue weighted by atomic mass is 10.1. The molecular weight excluding hydrogens is 365 g/mol. The summed E-state index contributed by atoms with van der Waals surface area (Å²) in [5, 5.41) is 6.61. The molecule has 1 heterocycles. The van der Waals surface area contributed by atoms with Crippen LogP contribution in [0.4, 0.5) is 0 Å². The van der Waals surface area contributed by atoms with Crippen LogP contribution in [0, 0.1) is 5.92 Å². The number of nitrogens with zero attached hydrogens (tertiary/aromatic N) is 1. The molecule has 0 bridgehead atoms. The van der Waals surface area contributed by atoms with Crippen LogP contribution in [0.3, 0.4) is 0 Å². The molecule has 7 heteroatoms. The number of thiazole rings is 1. The van der Waals surface area contributed by atoms with Crippen molar-refractivity contribution >= 4 is 40.4 Å². The van der Waals surface area contributed by atoms with Gasteiger partial charge in [0.25, 0.3) is 5.91 Å². The van der Waals surface area contributed by atoms with Crippen LogP contribution < -0.4 is 11.1 Å². The van der Waals surface area contributed by atoms with Gasteiger partial charge in [0.15, 0.2) is 0 Å². The van der Waals surface area contributed by atoms with Gasteiger partial charge in [0.2, 0.25) is 0 Å². The van der Waals surface area contributed by atoms with Gasteiger partial charge in [0, 0.05) is 22.0 Å². The van der Waals surface area contributed by atoms with E-state index in [4.69, 9.17) is 28.9 Å². The second-order valence-electron chi connectivity index (χ2n) is 6.05. The van der Waals surface area contributed by atoms with Crippen molar-refractivity contribution in [3.63, 3.8) is 0 Å². The number of hydrogen-bond acceptors (Lipinski definition) is 4. The van der Waals surface area contributed by atoms with E-state index in [1.54, 1.807) is 17.5 Å². The molecule has 0 saturated carbocycles. The van der Waals surface area contributed by atoms with E-state index in [0.717, 1.165) is 17.0 Å². The normalized spacial score (nSPS) is 12.4. The number of carbonyl (C=O) groups excluding carboxylic acids is 1. The van der Waals surface area contributed by atoms with Crippen LogP contribution in [0.25, 0.3) is 0 Å². The number of aromatic nitrogens is 1. The van der Waals surface area contributed by atoms with Crippen LogP contribution in [-0.2, 0) is 6.42 Å². The minimum Gasteiger partial charge on any atom is -0.350 e. The largest absolute Gasteiger partial charge is 0.350 e. The topological polar surface area (TPSA) is 68.0 Å². The third kappa shape index (κ3) is 5.45. The molecule has 0 aliphatic rings. The zero-order chi connectivity index (χ0) is 17.7. The lowest BCUT2D eigenvalue weighted by Gasteiger charge is -2.10. The Hall–Kier alpha value is -1.14. The summed E-state index contributed by atoms with van der Waals surface area (Å²) >= 11 is 13.4. The molecule has 1 unspecified atom stereocenters. The van der Waals surface area contributed by atoms with Gasteiger partial charge in [-0.2, -0.15) is 0 Å². The van der Waals surface area contributed by atoms with Crippen molar-refractivity contribution in [3.05, 3.63) is 49.9 Å². The van der Waals surface area contributed by atoms with Crippen LogP contribution in [-0.4, -0.2) is 17.4 Å². The van der Waals surface area contributed by atoms with Crippen molar-refractivity contribution in [2.45, 2.75) is 32.7 Å². The minimum absolute atomic E-state index is 0.121. The van der Waals surface area contributed by atoms with Crippen LogP contribution in [0.5, 0.6) is 0 Å². The summed E-state index contributed by atoms with van der Waals surface area (Å²) in [5.41, 5.74) is 7.46. The number of amides is 1. The van der Waals surface area contributed by atoms with E-state index in [0.29, 0.717) is 34.6 Å². The molecular formula is C17H21Cl2N3OS. The van der Waals surface area contributed by atoms with Gasteiger partial charge in [0.1, 0.15) is 10.7 Å². The molecule has 1 atom stereocenters. The van der Waals surface area contributed by atoms with Gasteiger partial charge in [-0.1, -0.05) is 43.1 Å². The molecule has 24 heavy (non-hydrogen) atoms. The SMILES string of the molecule is CC(C)CC(N)c1nc(C(=O)NCCc2ccc(Cl)cc2Cl)cs1. The van der Waals surface area contributed by atoms with Crippen molar-refractivity contribution in [1.82, 2.24) is 10.3 Å². The summed E-state index contributed by atoms with van der Waals surface area (Å²) in [6.45, 7) is 4.71. The van der Waals surface area contributed by atoms with Gasteiger partial charge in [-0.15, -0.1) is 11.3 Å². The summed E-state index contributed by atoms with van der Waals surface area (Å²) in [4.78, 5) is 16.5. The highest BCUT2D eigenvalue weighted by Gasteiger charge is 2.16. The highest BCUT2D eigenvalue weighted by Crippen LogP contribution is 2.23. The van der Waals surface area contributed by atoms with Crippen molar-refractivity contribution in [1.29, 1.82) is 0 Å². The maximum atomic E-state index is 12.2. The Balaban J connectivity index is 1.87. The standard InChI is InChI=1S/C17H21Cl2N3OS/c1-10(2)7-14(20)17-22-15(9-24-17)16(23)21-6-5-11-3-4-12(18)8-13(11)19/h3-4,8-10,14H,5-7,20H2,1-2H3,(H,21,23). The summed E-state index contributed by atoms with van der Waals surface area (Å²) < 4.78 is 0. The van der Waals surface area contributed by atoms with E-state index in [-0.39, 0.29) is 11.9 Å². The highest BCUT2D eigenvalue weighted by atomic mass is 35.5. The van der Waals surface area contributed by atoms with Gasteiger partial charge in [-0.25, -0.2) is 4.98 Å². The average molecular weight is 386 g/mol. The second-order valence-corrected chi connectivity index (χ2v) is 7.78. The molecule has 0 aliphatic heterocycles. The van der Waals surface area contributed by atoms with Crippen molar-refractivity contribution in [2.75, 3.05) is 6.54 Å². The molecule has 1 aromatic heterocycles. The number of nitrogens with two attached hydrogens (primary N) is 1. The van der Waals surface area contributed by atoms with Crippen molar-refractivity contribution in [2.24, 2.45) is 11.7 Å². The average Bonchev–Trinajstić information content (AvgIpc) is 2.98. The fraction of sp³-hybridized carbons (Fsp3) is 0.412. The predicted octanol–water partition coefficient (Wildman–Crippen LogP) is 4.47. The molecule has 0 fully saturated rings. The molecule has 4 nitrogen and oxygen atoms in total. The number of nitrogens with one attached hydrogen (secondary N) is 1. The quantitative estimate of drug-likeness (QED) is 0.738. The van der Waals surface area contributed by atoms with E-state index in [1.165, 1.54) is 11.3 Å². The van der Waals surface area contributed by atoms with Gasteiger partial charge in [-0.05, 0) is 36.5 Å². The summed E-state index contributed by atoms with van der Waals surface area (Å²) in [6.07, 6.45) is 1.48. The minimum atomic E-state index is -0.195. The van der Waals surface area contributed by atoms with E-state index < -0.39 is 0 Å². The Labute approximate surface area is 156 Å². The van der Waals surface area contributed by atoms with Gasteiger partial charge >= 0.3 is 0 Å². The Bertz CT molecular complexity index is 703. The monoisotopic (exact) mass is 385 g/mol. The van der Waals surface area contributed by atoms with E-state index >= 15 is 0 Å². The maximum absolute atomic E-state index is 12.2. The van der Waals surface area contributed by atoms with Gasteiger partial charge in [0.05, 0.1) is 6.04 Å². The second kappa shape index (κ2) is 8.81. The predicted molar refractivity (Wildman–Crippen MR) is 101 cm³/mol. The smallest absolute Gasteiger partial charge is 0.270 e. The summed E-state index contributed by atoms with van der Waals surface area (Å²) in [6, 6.07) is 5.23. The van der Waals surface area contributed by atoms with Crippen molar-refractivity contribution < 1.29 is 4.79 Å². The Morgan fingerprint density at radius 2 is 2.12 bits per heavy atom. The molecule has 0 radical (unpaired) electrons. The lowest BCUT2D eigenvalue weighted by molar-refractivity contribution is 0.0949. The van der Waals surface area contributed by atoms with Crippen LogP contribution in [0.2, 0.25) is 10.0 Å². The first-order valence-corrected chi connectivity index (χ1v) is 9.43. The number of benzene rings is 1. The number of hydrogen-bond donors (Lipinski definition) is 2. The molecule has 0 aliphatic carbocycles. The third-order valence-corrected chi connectivity index (χ3v) is 5.06. The highest BCUT2D eigenvalue weighted by molar-refractivity contribution is 7.09. The zero-order valence-electron chi connectivity index (χ0n) is 13.7. The first kappa shape index (κ1) is 19.2. The third-order valence-electron chi connectivity index (χ3n) is 3.49. The number of carbonyl (C=O) groups is 1. The molecule has 0 spiro atoms. The van der Waals surface area contributed by atoms with E-state index in [2.05, 4.69) is 24.1 Å². The van der Waals surface area contributed by atoms with Gasteiger partial charge < -0.3 is 11.1 Å². The van der Waals surface area contributed by atoms with E-state index in [1.807, 2.05) is 6.07 Å². The molecule has 130 valence electrons. The zero-order valence-corrected chi connectivity index (χ0v) is 16.0. The molecule has 3 N–H and O–H groups in total. The molecule has 2 aromatic rings. The van der Waals surface area contributed by atoms with Gasteiger partial charge in [-0.3, -0.25) is 4.79 Å². The maximum Gasteiger partial charge on any atom is 0.270 e. The first-order chi connectivity index (χ1) is 11.4. The Kier molecular flexibility index (Phi) is 7.04. The lowest BCUT2D eigenvalue weighted by Crippen LogP contribution is -2.26.